The van der Waals surface area contributed by atoms with Crippen molar-refractivity contribution in [3.05, 3.63) is 24.3 Å². The lowest BCUT2D eigenvalue weighted by Crippen LogP contribution is -2.08. The average molecular weight is 212 g/mol. The molecule has 14 heavy (non-hydrogen) atoms. The highest BCUT2D eigenvalue weighted by molar-refractivity contribution is 7.70. The Morgan fingerprint density at radius 2 is 1.93 bits per heavy atom. The molecule has 1 rings (SSSR count). The first-order valence-corrected chi connectivity index (χ1v) is 7.32. The summed E-state index contributed by atoms with van der Waals surface area (Å²) in [5.74, 6) is 0.793. The normalized spacial score (nSPS) is 11.8. The standard InChI is InChI=1S/C11H17O2P/c1-9(2)13-10-6-5-7-11(8-10)14(3,4)12/h5-9H,1-4H3. The van der Waals surface area contributed by atoms with Crippen molar-refractivity contribution < 1.29 is 9.30 Å². The SMILES string of the molecule is CC(C)Oc1cccc(P(C)(C)=O)c1. The van der Waals surface area contributed by atoms with Crippen molar-refractivity contribution >= 4 is 12.4 Å². The van der Waals surface area contributed by atoms with Crippen LogP contribution in [0, 0.1) is 0 Å². The summed E-state index contributed by atoms with van der Waals surface area (Å²) in [6, 6.07) is 7.51. The van der Waals surface area contributed by atoms with E-state index < -0.39 is 7.14 Å². The zero-order valence-corrected chi connectivity index (χ0v) is 10.0. The van der Waals surface area contributed by atoms with Crippen molar-refractivity contribution in [2.24, 2.45) is 0 Å². The van der Waals surface area contributed by atoms with E-state index in [4.69, 9.17) is 4.74 Å². The predicted molar refractivity (Wildman–Crippen MR) is 61.3 cm³/mol. The highest BCUT2D eigenvalue weighted by Gasteiger charge is 2.11. The van der Waals surface area contributed by atoms with Gasteiger partial charge in [0, 0.05) is 5.30 Å². The van der Waals surface area contributed by atoms with E-state index in [0.717, 1.165) is 11.1 Å². The molecule has 0 amide bonds. The Kier molecular flexibility index (Phi) is 3.38. The van der Waals surface area contributed by atoms with E-state index in [1.807, 2.05) is 38.1 Å². The number of hydrogen-bond donors (Lipinski definition) is 0. The molecule has 1 aromatic rings. The molecule has 0 N–H and O–H groups in total. The maximum Gasteiger partial charge on any atom is 0.120 e. The fourth-order valence-electron chi connectivity index (χ4n) is 1.16. The molecule has 2 nitrogen and oxygen atoms in total. The quantitative estimate of drug-likeness (QED) is 0.720. The van der Waals surface area contributed by atoms with Gasteiger partial charge in [-0.2, -0.15) is 0 Å². The van der Waals surface area contributed by atoms with Gasteiger partial charge in [0.15, 0.2) is 0 Å². The molecule has 0 unspecified atom stereocenters. The second kappa shape index (κ2) is 4.18. The largest absolute Gasteiger partial charge is 0.491 e. The lowest BCUT2D eigenvalue weighted by molar-refractivity contribution is 0.242. The molecule has 0 bridgehead atoms. The third-order valence-corrected chi connectivity index (χ3v) is 3.33. The minimum Gasteiger partial charge on any atom is -0.491 e. The minimum atomic E-state index is -2.17. The monoisotopic (exact) mass is 212 g/mol. The zero-order valence-electron chi connectivity index (χ0n) is 9.15. The summed E-state index contributed by atoms with van der Waals surface area (Å²) in [5, 5.41) is 0.871. The van der Waals surface area contributed by atoms with Crippen molar-refractivity contribution in [3.8, 4) is 5.75 Å². The van der Waals surface area contributed by atoms with Crippen LogP contribution in [0.5, 0.6) is 5.75 Å². The molecule has 0 saturated carbocycles. The third kappa shape index (κ3) is 3.19. The van der Waals surface area contributed by atoms with Gasteiger partial charge in [-0.05, 0) is 39.3 Å². The van der Waals surface area contributed by atoms with Gasteiger partial charge in [-0.1, -0.05) is 12.1 Å². The van der Waals surface area contributed by atoms with E-state index in [-0.39, 0.29) is 6.10 Å². The van der Waals surface area contributed by atoms with E-state index in [2.05, 4.69) is 0 Å². The fourth-order valence-corrected chi connectivity index (χ4v) is 2.05. The number of benzene rings is 1. The summed E-state index contributed by atoms with van der Waals surface area (Å²) in [5.41, 5.74) is 0. The summed E-state index contributed by atoms with van der Waals surface area (Å²) in [6.07, 6.45) is 0.151. The fraction of sp³-hybridized carbons (Fsp3) is 0.455. The van der Waals surface area contributed by atoms with E-state index >= 15 is 0 Å². The topological polar surface area (TPSA) is 26.3 Å². The molecule has 0 fully saturated rings. The Morgan fingerprint density at radius 1 is 1.29 bits per heavy atom. The van der Waals surface area contributed by atoms with Crippen LogP contribution in [0.1, 0.15) is 13.8 Å². The minimum absolute atomic E-state index is 0.151. The highest BCUT2D eigenvalue weighted by atomic mass is 31.2. The lowest BCUT2D eigenvalue weighted by Gasteiger charge is -2.12. The van der Waals surface area contributed by atoms with Crippen LogP contribution in [0.4, 0.5) is 0 Å². The Labute approximate surface area is 85.7 Å². The molecule has 1 aromatic carbocycles. The molecule has 0 aliphatic heterocycles. The van der Waals surface area contributed by atoms with Crippen molar-refractivity contribution in [1.29, 1.82) is 0 Å². The first kappa shape index (κ1) is 11.3. The molecule has 0 saturated heterocycles. The molecule has 0 atom stereocenters. The van der Waals surface area contributed by atoms with Crippen LogP contribution in [-0.4, -0.2) is 19.4 Å². The predicted octanol–water partition coefficient (Wildman–Crippen LogP) is 2.72. The first-order valence-electron chi connectivity index (χ1n) is 4.72. The highest BCUT2D eigenvalue weighted by Crippen LogP contribution is 2.35. The maximum absolute atomic E-state index is 11.8. The molecular formula is C11H17O2P. The van der Waals surface area contributed by atoms with Crippen LogP contribution in [0.15, 0.2) is 24.3 Å². The van der Waals surface area contributed by atoms with E-state index in [1.165, 1.54) is 0 Å². The average Bonchev–Trinajstić information content (AvgIpc) is 2.01. The third-order valence-electron chi connectivity index (χ3n) is 1.81. The second-order valence-corrected chi connectivity index (χ2v) is 7.23. The maximum atomic E-state index is 11.8. The van der Waals surface area contributed by atoms with Gasteiger partial charge in [0.1, 0.15) is 12.9 Å². The van der Waals surface area contributed by atoms with E-state index in [1.54, 1.807) is 13.3 Å². The molecule has 3 heteroatoms. The van der Waals surface area contributed by atoms with Crippen LogP contribution in [-0.2, 0) is 4.57 Å². The van der Waals surface area contributed by atoms with Crippen molar-refractivity contribution in [1.82, 2.24) is 0 Å². The van der Waals surface area contributed by atoms with Crippen LogP contribution in [0.3, 0.4) is 0 Å². The van der Waals surface area contributed by atoms with Gasteiger partial charge in [0.2, 0.25) is 0 Å². The van der Waals surface area contributed by atoms with Crippen LogP contribution in [0.2, 0.25) is 0 Å². The second-order valence-electron chi connectivity index (χ2n) is 4.01. The van der Waals surface area contributed by atoms with Gasteiger partial charge < -0.3 is 9.30 Å². The molecule has 0 aliphatic carbocycles. The lowest BCUT2D eigenvalue weighted by atomic mass is 10.3. The molecule has 0 aliphatic rings. The van der Waals surface area contributed by atoms with Crippen LogP contribution < -0.4 is 10.0 Å². The zero-order chi connectivity index (χ0) is 10.8. The van der Waals surface area contributed by atoms with Gasteiger partial charge in [-0.25, -0.2) is 0 Å². The van der Waals surface area contributed by atoms with Crippen LogP contribution >= 0.6 is 7.14 Å². The van der Waals surface area contributed by atoms with Crippen LogP contribution in [0.25, 0.3) is 0 Å². The van der Waals surface area contributed by atoms with Gasteiger partial charge >= 0.3 is 0 Å². The Bertz CT molecular complexity index is 352. The summed E-state index contributed by atoms with van der Waals surface area (Å²) in [4.78, 5) is 0. The Balaban J connectivity index is 2.96. The van der Waals surface area contributed by atoms with Gasteiger partial charge in [0.25, 0.3) is 0 Å². The van der Waals surface area contributed by atoms with E-state index in [0.29, 0.717) is 0 Å². The first-order chi connectivity index (χ1) is 6.39. The van der Waals surface area contributed by atoms with Gasteiger partial charge in [-0.3, -0.25) is 0 Å². The smallest absolute Gasteiger partial charge is 0.120 e. The van der Waals surface area contributed by atoms with E-state index in [9.17, 15) is 4.57 Å². The number of ether oxygens (including phenoxy) is 1. The molecule has 0 heterocycles. The van der Waals surface area contributed by atoms with Gasteiger partial charge in [0.05, 0.1) is 6.10 Å². The summed E-state index contributed by atoms with van der Waals surface area (Å²) in [7, 11) is -2.17. The molecule has 0 spiro atoms. The number of hydrogen-bond acceptors (Lipinski definition) is 2. The Hall–Kier alpha value is -0.750. The van der Waals surface area contributed by atoms with Crippen molar-refractivity contribution in [2.75, 3.05) is 13.3 Å². The van der Waals surface area contributed by atoms with Gasteiger partial charge in [-0.15, -0.1) is 0 Å². The molecule has 0 radical (unpaired) electrons. The summed E-state index contributed by atoms with van der Waals surface area (Å²) >= 11 is 0. The summed E-state index contributed by atoms with van der Waals surface area (Å²) < 4.78 is 17.3. The molecular weight excluding hydrogens is 195 g/mol. The summed E-state index contributed by atoms with van der Waals surface area (Å²) in [6.45, 7) is 7.48. The molecule has 78 valence electrons. The van der Waals surface area contributed by atoms with Crippen molar-refractivity contribution in [3.63, 3.8) is 0 Å². The number of rotatable bonds is 3. The van der Waals surface area contributed by atoms with Crippen molar-refractivity contribution in [2.45, 2.75) is 20.0 Å². The molecule has 0 aromatic heterocycles. The Morgan fingerprint density at radius 3 is 2.43 bits per heavy atom.